The van der Waals surface area contributed by atoms with Crippen LogP contribution in [0, 0.1) is 6.92 Å². The van der Waals surface area contributed by atoms with E-state index in [0.717, 1.165) is 5.69 Å². The van der Waals surface area contributed by atoms with Crippen molar-refractivity contribution in [1.29, 1.82) is 0 Å². The van der Waals surface area contributed by atoms with Gasteiger partial charge in [-0.3, -0.25) is 0 Å². The largest absolute Gasteiger partial charge is 0.488 e. The second kappa shape index (κ2) is 3.84. The molecule has 0 saturated heterocycles. The minimum atomic E-state index is -1.48. The zero-order valence-electron chi connectivity index (χ0n) is 8.20. The van der Waals surface area contributed by atoms with E-state index in [-0.39, 0.29) is 0 Å². The Kier molecular flexibility index (Phi) is 2.53. The van der Waals surface area contributed by atoms with Gasteiger partial charge in [0.25, 0.3) is 0 Å². The van der Waals surface area contributed by atoms with Crippen LogP contribution in [0.4, 0.5) is 0 Å². The first-order chi connectivity index (χ1) is 7.16. The maximum atomic E-state index is 9.00. The van der Waals surface area contributed by atoms with Crippen molar-refractivity contribution in [1.82, 2.24) is 14.8 Å². The standard InChI is InChI=1S/C9H10BN3O2/c1-7-3-5-13(12-7)9-6-8(10(14)15)2-4-11-9/h2-6,14-15H,1H3. The molecule has 0 unspecified atom stereocenters. The summed E-state index contributed by atoms with van der Waals surface area (Å²) in [4.78, 5) is 4.08. The lowest BCUT2D eigenvalue weighted by molar-refractivity contribution is 0.425. The van der Waals surface area contributed by atoms with E-state index in [1.165, 1.54) is 6.20 Å². The number of pyridine rings is 1. The van der Waals surface area contributed by atoms with Crippen LogP contribution in [-0.2, 0) is 0 Å². The first kappa shape index (κ1) is 9.88. The van der Waals surface area contributed by atoms with Gasteiger partial charge in [-0.1, -0.05) is 0 Å². The van der Waals surface area contributed by atoms with Crippen molar-refractivity contribution < 1.29 is 10.0 Å². The predicted molar refractivity (Wildman–Crippen MR) is 55.9 cm³/mol. The van der Waals surface area contributed by atoms with Crippen LogP contribution in [0.25, 0.3) is 5.82 Å². The molecule has 0 bridgehead atoms. The lowest BCUT2D eigenvalue weighted by Crippen LogP contribution is -2.30. The van der Waals surface area contributed by atoms with Crippen molar-refractivity contribution in [3.05, 3.63) is 36.3 Å². The molecule has 0 aromatic carbocycles. The van der Waals surface area contributed by atoms with E-state index in [0.29, 0.717) is 11.3 Å². The highest BCUT2D eigenvalue weighted by Crippen LogP contribution is 2.01. The van der Waals surface area contributed by atoms with Gasteiger partial charge in [-0.05, 0) is 30.6 Å². The van der Waals surface area contributed by atoms with E-state index < -0.39 is 7.12 Å². The van der Waals surface area contributed by atoms with Crippen LogP contribution >= 0.6 is 0 Å². The number of aromatic nitrogens is 3. The maximum absolute atomic E-state index is 9.00. The Morgan fingerprint density at radius 3 is 2.73 bits per heavy atom. The quantitative estimate of drug-likeness (QED) is 0.630. The van der Waals surface area contributed by atoms with Crippen molar-refractivity contribution in [2.75, 3.05) is 0 Å². The van der Waals surface area contributed by atoms with Crippen molar-refractivity contribution in [3.8, 4) is 5.82 Å². The summed E-state index contributed by atoms with van der Waals surface area (Å²) in [5, 5.41) is 22.2. The molecule has 0 saturated carbocycles. The molecule has 2 aromatic heterocycles. The van der Waals surface area contributed by atoms with Gasteiger partial charge >= 0.3 is 7.12 Å². The Morgan fingerprint density at radius 1 is 1.33 bits per heavy atom. The molecule has 15 heavy (non-hydrogen) atoms. The highest BCUT2D eigenvalue weighted by atomic mass is 16.4. The normalized spacial score (nSPS) is 10.3. The predicted octanol–water partition coefficient (Wildman–Crippen LogP) is -0.744. The molecule has 0 amide bonds. The second-order valence-corrected chi connectivity index (χ2v) is 3.22. The van der Waals surface area contributed by atoms with E-state index >= 15 is 0 Å². The Bertz CT molecular complexity index is 470. The molecule has 0 radical (unpaired) electrons. The summed E-state index contributed by atoms with van der Waals surface area (Å²) < 4.78 is 1.58. The fourth-order valence-corrected chi connectivity index (χ4v) is 1.26. The molecule has 0 fully saturated rings. The van der Waals surface area contributed by atoms with Gasteiger partial charge in [0.1, 0.15) is 0 Å². The SMILES string of the molecule is Cc1ccn(-c2cc(B(O)O)ccn2)n1. The first-order valence-electron chi connectivity index (χ1n) is 4.51. The number of aryl methyl sites for hydroxylation is 1. The second-order valence-electron chi connectivity index (χ2n) is 3.22. The van der Waals surface area contributed by atoms with Gasteiger partial charge in [0.2, 0.25) is 0 Å². The molecule has 2 rings (SSSR count). The van der Waals surface area contributed by atoms with Crippen molar-refractivity contribution in [2.45, 2.75) is 6.92 Å². The summed E-state index contributed by atoms with van der Waals surface area (Å²) in [6.45, 7) is 1.88. The van der Waals surface area contributed by atoms with E-state index in [9.17, 15) is 0 Å². The van der Waals surface area contributed by atoms with Crippen molar-refractivity contribution in [2.24, 2.45) is 0 Å². The highest BCUT2D eigenvalue weighted by Gasteiger charge is 2.12. The van der Waals surface area contributed by atoms with Gasteiger partial charge in [-0.25, -0.2) is 9.67 Å². The van der Waals surface area contributed by atoms with E-state index in [1.807, 2.05) is 13.0 Å². The lowest BCUT2D eigenvalue weighted by atomic mass is 9.81. The monoisotopic (exact) mass is 203 g/mol. The topological polar surface area (TPSA) is 71.2 Å². The molecule has 2 aromatic rings. The summed E-state index contributed by atoms with van der Waals surface area (Å²) in [6, 6.07) is 4.98. The summed E-state index contributed by atoms with van der Waals surface area (Å²) >= 11 is 0. The smallest absolute Gasteiger partial charge is 0.423 e. The molecule has 0 atom stereocenters. The number of hydrogen-bond acceptors (Lipinski definition) is 4. The van der Waals surface area contributed by atoms with Crippen LogP contribution < -0.4 is 5.46 Å². The van der Waals surface area contributed by atoms with Gasteiger partial charge in [-0.2, -0.15) is 5.10 Å². The first-order valence-corrected chi connectivity index (χ1v) is 4.51. The molecule has 0 aliphatic rings. The third-order valence-electron chi connectivity index (χ3n) is 2.02. The molecular formula is C9H10BN3O2. The summed E-state index contributed by atoms with van der Waals surface area (Å²) in [7, 11) is -1.48. The Balaban J connectivity index is 2.41. The molecular weight excluding hydrogens is 193 g/mol. The average molecular weight is 203 g/mol. The van der Waals surface area contributed by atoms with Gasteiger partial charge in [0.05, 0.1) is 5.69 Å². The summed E-state index contributed by atoms with van der Waals surface area (Å²) in [6.07, 6.45) is 3.28. The van der Waals surface area contributed by atoms with Crippen LogP contribution in [0.2, 0.25) is 0 Å². The van der Waals surface area contributed by atoms with Crippen LogP contribution in [-0.4, -0.2) is 31.9 Å². The van der Waals surface area contributed by atoms with Crippen molar-refractivity contribution >= 4 is 12.6 Å². The molecule has 76 valence electrons. The number of rotatable bonds is 2. The van der Waals surface area contributed by atoms with E-state index in [2.05, 4.69) is 10.1 Å². The summed E-state index contributed by atoms with van der Waals surface area (Å²) in [5.74, 6) is 0.564. The minimum absolute atomic E-state index is 0.396. The molecule has 0 spiro atoms. The molecule has 0 aliphatic carbocycles. The fraction of sp³-hybridized carbons (Fsp3) is 0.111. The fourth-order valence-electron chi connectivity index (χ4n) is 1.26. The van der Waals surface area contributed by atoms with Gasteiger partial charge in [-0.15, -0.1) is 0 Å². The van der Waals surface area contributed by atoms with E-state index in [4.69, 9.17) is 10.0 Å². The average Bonchev–Trinajstić information content (AvgIpc) is 2.65. The van der Waals surface area contributed by atoms with Gasteiger partial charge in [0.15, 0.2) is 5.82 Å². The van der Waals surface area contributed by atoms with E-state index in [1.54, 1.807) is 23.0 Å². The molecule has 5 nitrogen and oxygen atoms in total. The zero-order valence-corrected chi connectivity index (χ0v) is 8.20. The molecule has 2 heterocycles. The molecule has 6 heteroatoms. The van der Waals surface area contributed by atoms with Gasteiger partial charge in [0, 0.05) is 12.4 Å². The Hall–Kier alpha value is -1.66. The van der Waals surface area contributed by atoms with Crippen LogP contribution in [0.5, 0.6) is 0 Å². The number of nitrogens with zero attached hydrogens (tertiary/aromatic N) is 3. The molecule has 0 aliphatic heterocycles. The third-order valence-corrected chi connectivity index (χ3v) is 2.02. The lowest BCUT2D eigenvalue weighted by Gasteiger charge is -2.03. The Labute approximate surface area is 87.2 Å². The van der Waals surface area contributed by atoms with Crippen LogP contribution in [0.15, 0.2) is 30.6 Å². The number of hydrogen-bond donors (Lipinski definition) is 2. The summed E-state index contributed by atoms with van der Waals surface area (Å²) in [5.41, 5.74) is 1.28. The molecule has 2 N–H and O–H groups in total. The Morgan fingerprint density at radius 2 is 2.13 bits per heavy atom. The van der Waals surface area contributed by atoms with Gasteiger partial charge < -0.3 is 10.0 Å². The zero-order chi connectivity index (χ0) is 10.8. The third kappa shape index (κ3) is 2.06. The highest BCUT2D eigenvalue weighted by molar-refractivity contribution is 6.58. The van der Waals surface area contributed by atoms with Crippen LogP contribution in [0.1, 0.15) is 5.69 Å². The maximum Gasteiger partial charge on any atom is 0.488 e. The van der Waals surface area contributed by atoms with Crippen LogP contribution in [0.3, 0.4) is 0 Å². The minimum Gasteiger partial charge on any atom is -0.423 e. The van der Waals surface area contributed by atoms with Crippen molar-refractivity contribution in [3.63, 3.8) is 0 Å².